The molecule has 164 valence electrons. The van der Waals surface area contributed by atoms with Crippen molar-refractivity contribution in [1.82, 2.24) is 0 Å². The SMILES string of the molecule is CCc1cc(-c2ccc3c(c2)CC(C2CCOC4=C2C=CC=CC4)N=C(C)C3)ccc1C. The minimum atomic E-state index is 0.271. The molecule has 2 aliphatic heterocycles. The number of ether oxygens (including phenoxy) is 1. The predicted molar refractivity (Wildman–Crippen MR) is 134 cm³/mol. The second-order valence-corrected chi connectivity index (χ2v) is 9.40. The summed E-state index contributed by atoms with van der Waals surface area (Å²) in [6.07, 6.45) is 13.7. The number of benzene rings is 2. The third-order valence-electron chi connectivity index (χ3n) is 7.25. The van der Waals surface area contributed by atoms with Gasteiger partial charge in [0.05, 0.1) is 12.6 Å². The number of hydrogen-bond acceptors (Lipinski definition) is 2. The highest BCUT2D eigenvalue weighted by atomic mass is 16.5. The molecule has 2 heterocycles. The lowest BCUT2D eigenvalue weighted by molar-refractivity contribution is 0.156. The van der Waals surface area contributed by atoms with Crippen LogP contribution in [-0.2, 0) is 24.0 Å². The molecule has 5 rings (SSSR count). The molecule has 0 saturated carbocycles. The van der Waals surface area contributed by atoms with Gasteiger partial charge in [0.1, 0.15) is 5.76 Å². The predicted octanol–water partition coefficient (Wildman–Crippen LogP) is 6.96. The quantitative estimate of drug-likeness (QED) is 0.523. The Bertz CT molecular complexity index is 1150. The maximum absolute atomic E-state index is 6.05. The van der Waals surface area contributed by atoms with Gasteiger partial charge in [-0.25, -0.2) is 0 Å². The van der Waals surface area contributed by atoms with Crippen molar-refractivity contribution in [2.24, 2.45) is 10.9 Å². The van der Waals surface area contributed by atoms with Crippen LogP contribution in [0.25, 0.3) is 11.1 Å². The molecule has 0 radical (unpaired) electrons. The molecular formula is C30H33NO. The lowest BCUT2D eigenvalue weighted by Gasteiger charge is -2.31. The van der Waals surface area contributed by atoms with Crippen molar-refractivity contribution in [2.45, 2.75) is 58.9 Å². The Morgan fingerprint density at radius 2 is 1.84 bits per heavy atom. The highest BCUT2D eigenvalue weighted by molar-refractivity contribution is 5.85. The van der Waals surface area contributed by atoms with E-state index in [2.05, 4.69) is 81.5 Å². The standard InChI is InChI=1S/C30H33NO/c1-4-22-17-24(11-10-20(22)2)25-13-12-23-16-21(3)31-29(19-26(23)18-25)27-14-15-32-30-9-7-5-6-8-28(27)30/h5-8,10-13,17-18,27,29H,4,9,14-16,19H2,1-3H3. The van der Waals surface area contributed by atoms with Gasteiger partial charge in [0.25, 0.3) is 0 Å². The lowest BCUT2D eigenvalue weighted by atomic mass is 9.82. The number of aryl methyl sites for hydroxylation is 2. The first kappa shape index (κ1) is 21.0. The maximum atomic E-state index is 6.05. The molecule has 0 spiro atoms. The molecule has 0 aromatic heterocycles. The van der Waals surface area contributed by atoms with Crippen molar-refractivity contribution < 1.29 is 4.74 Å². The van der Waals surface area contributed by atoms with E-state index in [0.717, 1.165) is 44.5 Å². The summed E-state index contributed by atoms with van der Waals surface area (Å²) in [6, 6.07) is 14.2. The molecule has 2 aromatic rings. The smallest absolute Gasteiger partial charge is 0.103 e. The van der Waals surface area contributed by atoms with E-state index in [1.807, 2.05) is 0 Å². The third-order valence-corrected chi connectivity index (χ3v) is 7.25. The first-order valence-electron chi connectivity index (χ1n) is 12.1. The van der Waals surface area contributed by atoms with Crippen molar-refractivity contribution in [3.63, 3.8) is 0 Å². The molecular weight excluding hydrogens is 390 g/mol. The number of nitrogens with zero attached hydrogens (tertiary/aromatic N) is 1. The molecule has 2 nitrogen and oxygen atoms in total. The van der Waals surface area contributed by atoms with Gasteiger partial charge < -0.3 is 4.74 Å². The third kappa shape index (κ3) is 4.11. The van der Waals surface area contributed by atoms with Crippen molar-refractivity contribution in [2.75, 3.05) is 6.61 Å². The first-order chi connectivity index (χ1) is 15.6. The molecule has 0 saturated heterocycles. The van der Waals surface area contributed by atoms with E-state index < -0.39 is 0 Å². The van der Waals surface area contributed by atoms with Gasteiger partial charge in [-0.3, -0.25) is 4.99 Å². The van der Waals surface area contributed by atoms with E-state index >= 15 is 0 Å². The van der Waals surface area contributed by atoms with Crippen LogP contribution in [0.5, 0.6) is 0 Å². The fourth-order valence-corrected chi connectivity index (χ4v) is 5.47. The van der Waals surface area contributed by atoms with Gasteiger partial charge in [-0.05, 0) is 72.1 Å². The Kier molecular flexibility index (Phi) is 5.87. The summed E-state index contributed by atoms with van der Waals surface area (Å²) >= 11 is 0. The van der Waals surface area contributed by atoms with Crippen molar-refractivity contribution in [3.8, 4) is 11.1 Å². The summed E-state index contributed by atoms with van der Waals surface area (Å²) in [5, 5.41) is 0. The molecule has 0 fully saturated rings. The largest absolute Gasteiger partial charge is 0.497 e. The van der Waals surface area contributed by atoms with Crippen LogP contribution in [0.2, 0.25) is 0 Å². The number of aliphatic imine (C=N–C) groups is 1. The monoisotopic (exact) mass is 423 g/mol. The van der Waals surface area contributed by atoms with E-state index in [-0.39, 0.29) is 6.04 Å². The molecule has 2 atom stereocenters. The maximum Gasteiger partial charge on any atom is 0.103 e. The number of fused-ring (bicyclic) bond motifs is 1. The van der Waals surface area contributed by atoms with Gasteiger partial charge in [-0.15, -0.1) is 0 Å². The average Bonchev–Trinajstić information content (AvgIpc) is 3.14. The molecule has 2 aromatic carbocycles. The van der Waals surface area contributed by atoms with E-state index in [0.29, 0.717) is 5.92 Å². The van der Waals surface area contributed by atoms with Crippen LogP contribution in [0.1, 0.15) is 48.9 Å². The Hall–Kier alpha value is -2.87. The normalized spacial score (nSPS) is 22.4. The van der Waals surface area contributed by atoms with Gasteiger partial charge in [0, 0.05) is 24.5 Å². The van der Waals surface area contributed by atoms with Crippen LogP contribution < -0.4 is 0 Å². The summed E-state index contributed by atoms with van der Waals surface area (Å²) in [5.74, 6) is 1.56. The van der Waals surface area contributed by atoms with Crippen LogP contribution in [0.3, 0.4) is 0 Å². The van der Waals surface area contributed by atoms with Crippen LogP contribution >= 0.6 is 0 Å². The Morgan fingerprint density at radius 1 is 1.00 bits per heavy atom. The summed E-state index contributed by atoms with van der Waals surface area (Å²) in [7, 11) is 0. The van der Waals surface area contributed by atoms with E-state index in [4.69, 9.17) is 9.73 Å². The van der Waals surface area contributed by atoms with Crippen LogP contribution in [0.4, 0.5) is 0 Å². The molecule has 32 heavy (non-hydrogen) atoms. The van der Waals surface area contributed by atoms with Crippen LogP contribution in [-0.4, -0.2) is 18.4 Å². The molecule has 0 bridgehead atoms. The minimum absolute atomic E-state index is 0.271. The fraction of sp³-hybridized carbons (Fsp3) is 0.367. The fourth-order valence-electron chi connectivity index (χ4n) is 5.47. The van der Waals surface area contributed by atoms with Gasteiger partial charge in [0.2, 0.25) is 0 Å². The van der Waals surface area contributed by atoms with Gasteiger partial charge in [-0.2, -0.15) is 0 Å². The minimum Gasteiger partial charge on any atom is -0.497 e. The highest BCUT2D eigenvalue weighted by Crippen LogP contribution is 2.37. The number of rotatable bonds is 3. The van der Waals surface area contributed by atoms with E-state index in [9.17, 15) is 0 Å². The average molecular weight is 424 g/mol. The summed E-state index contributed by atoms with van der Waals surface area (Å²) < 4.78 is 6.05. The molecule has 3 aliphatic rings. The Morgan fingerprint density at radius 3 is 2.72 bits per heavy atom. The summed E-state index contributed by atoms with van der Waals surface area (Å²) in [6.45, 7) is 7.44. The Balaban J connectivity index is 1.50. The molecule has 0 amide bonds. The highest BCUT2D eigenvalue weighted by Gasteiger charge is 2.31. The van der Waals surface area contributed by atoms with Crippen LogP contribution in [0, 0.1) is 12.8 Å². The zero-order valence-corrected chi connectivity index (χ0v) is 19.5. The zero-order chi connectivity index (χ0) is 22.1. The summed E-state index contributed by atoms with van der Waals surface area (Å²) in [5.41, 5.74) is 10.9. The van der Waals surface area contributed by atoms with E-state index in [1.165, 1.54) is 44.7 Å². The van der Waals surface area contributed by atoms with Crippen molar-refractivity contribution >= 4 is 5.71 Å². The number of hydrogen-bond donors (Lipinski definition) is 0. The number of allylic oxidation sites excluding steroid dienone is 4. The Labute approximate surface area is 192 Å². The first-order valence-corrected chi connectivity index (χ1v) is 12.1. The topological polar surface area (TPSA) is 21.6 Å². The van der Waals surface area contributed by atoms with Crippen LogP contribution in [0.15, 0.2) is 77.0 Å². The molecule has 2 unspecified atom stereocenters. The second kappa shape index (κ2) is 8.94. The van der Waals surface area contributed by atoms with Gasteiger partial charge >= 0.3 is 0 Å². The molecule has 0 N–H and O–H groups in total. The lowest BCUT2D eigenvalue weighted by Crippen LogP contribution is -2.28. The van der Waals surface area contributed by atoms with E-state index in [1.54, 1.807) is 0 Å². The van der Waals surface area contributed by atoms with Crippen molar-refractivity contribution in [1.29, 1.82) is 0 Å². The van der Waals surface area contributed by atoms with Crippen molar-refractivity contribution in [3.05, 3.63) is 94.3 Å². The van der Waals surface area contributed by atoms with Gasteiger partial charge in [-0.1, -0.05) is 67.6 Å². The second-order valence-electron chi connectivity index (χ2n) is 9.40. The summed E-state index contributed by atoms with van der Waals surface area (Å²) in [4.78, 5) is 5.25. The molecule has 1 aliphatic carbocycles. The van der Waals surface area contributed by atoms with Gasteiger partial charge in [0.15, 0.2) is 0 Å². The molecule has 2 heteroatoms. The zero-order valence-electron chi connectivity index (χ0n) is 19.5.